The second-order valence-electron chi connectivity index (χ2n) is 7.47. The Morgan fingerprint density at radius 3 is 2.61 bits per heavy atom. The topological polar surface area (TPSA) is 97.2 Å². The van der Waals surface area contributed by atoms with Gasteiger partial charge in [0, 0.05) is 18.7 Å². The Labute approximate surface area is 179 Å². The first-order valence-corrected chi connectivity index (χ1v) is 10.3. The maximum absolute atomic E-state index is 12.7. The zero-order valence-corrected chi connectivity index (χ0v) is 17.2. The minimum Gasteiger partial charge on any atom is -0.348 e. The molecular weight excluding hydrogens is 394 g/mol. The number of benzene rings is 2. The normalized spacial score (nSPS) is 12.9. The summed E-state index contributed by atoms with van der Waals surface area (Å²) in [7, 11) is 0. The van der Waals surface area contributed by atoms with Gasteiger partial charge in [0.2, 0.25) is 0 Å². The molecule has 1 aliphatic heterocycles. The fourth-order valence-corrected chi connectivity index (χ4v) is 3.58. The van der Waals surface area contributed by atoms with Gasteiger partial charge in [0.15, 0.2) is 0 Å². The summed E-state index contributed by atoms with van der Waals surface area (Å²) in [4.78, 5) is 42.9. The molecule has 0 radical (unpaired) electrons. The number of carbonyl (C=O) groups excluding carboxylic acids is 3. The van der Waals surface area contributed by atoms with Crippen molar-refractivity contribution in [1.82, 2.24) is 25.0 Å². The molecule has 0 saturated heterocycles. The molecule has 8 heteroatoms. The van der Waals surface area contributed by atoms with Crippen LogP contribution in [0.25, 0.3) is 0 Å². The van der Waals surface area contributed by atoms with Gasteiger partial charge in [-0.3, -0.25) is 19.3 Å². The smallest absolute Gasteiger partial charge is 0.261 e. The Hall–Kier alpha value is -3.81. The third-order valence-corrected chi connectivity index (χ3v) is 5.22. The van der Waals surface area contributed by atoms with Gasteiger partial charge >= 0.3 is 0 Å². The molecule has 0 fully saturated rings. The lowest BCUT2D eigenvalue weighted by Gasteiger charge is -2.12. The number of rotatable bonds is 8. The molecule has 0 spiro atoms. The fraction of sp³-hybridized carbons (Fsp3) is 0.261. The predicted octanol–water partition coefficient (Wildman–Crippen LogP) is 2.65. The number of nitrogens with zero attached hydrogens (tertiary/aromatic N) is 4. The zero-order chi connectivity index (χ0) is 21.8. The molecule has 0 saturated carbocycles. The van der Waals surface area contributed by atoms with Crippen LogP contribution in [-0.2, 0) is 13.1 Å². The number of hydrogen-bond acceptors (Lipinski definition) is 5. The lowest BCUT2D eigenvalue weighted by atomic mass is 10.1. The molecule has 0 aliphatic carbocycles. The summed E-state index contributed by atoms with van der Waals surface area (Å²) in [5.41, 5.74) is 3.01. The number of imide groups is 1. The fourth-order valence-electron chi connectivity index (χ4n) is 3.58. The number of aromatic nitrogens is 3. The molecule has 2 aromatic carbocycles. The van der Waals surface area contributed by atoms with Gasteiger partial charge in [-0.05, 0) is 35.7 Å². The van der Waals surface area contributed by atoms with Crippen LogP contribution in [0.15, 0.2) is 55.1 Å². The van der Waals surface area contributed by atoms with E-state index in [-0.39, 0.29) is 17.7 Å². The van der Waals surface area contributed by atoms with E-state index in [2.05, 4.69) is 15.4 Å². The highest BCUT2D eigenvalue weighted by Crippen LogP contribution is 2.24. The van der Waals surface area contributed by atoms with Gasteiger partial charge in [0.25, 0.3) is 17.7 Å². The lowest BCUT2D eigenvalue weighted by Crippen LogP contribution is -2.30. The van der Waals surface area contributed by atoms with Crippen LogP contribution in [-0.4, -0.2) is 43.9 Å². The van der Waals surface area contributed by atoms with Gasteiger partial charge in [0.1, 0.15) is 12.7 Å². The standard InChI is InChI=1S/C23H23N5O3/c1-2-3-9-28-22(30)19-8-7-18(11-20(19)23(28)31)21(29)25-12-16-5-4-6-17(10-16)13-27-15-24-14-26-27/h4-8,10-11,14-15H,2-3,9,12-13H2,1H3,(H,25,29). The van der Waals surface area contributed by atoms with Gasteiger partial charge < -0.3 is 5.32 Å². The summed E-state index contributed by atoms with van der Waals surface area (Å²) >= 11 is 0. The highest BCUT2D eigenvalue weighted by Gasteiger charge is 2.35. The largest absolute Gasteiger partial charge is 0.348 e. The molecule has 31 heavy (non-hydrogen) atoms. The van der Waals surface area contributed by atoms with Crippen molar-refractivity contribution >= 4 is 17.7 Å². The summed E-state index contributed by atoms with van der Waals surface area (Å²) < 4.78 is 1.73. The first kappa shape index (κ1) is 20.5. The van der Waals surface area contributed by atoms with Crippen molar-refractivity contribution < 1.29 is 14.4 Å². The van der Waals surface area contributed by atoms with E-state index in [1.54, 1.807) is 23.1 Å². The molecule has 1 aliphatic rings. The van der Waals surface area contributed by atoms with Crippen molar-refractivity contribution in [3.05, 3.63) is 82.9 Å². The highest BCUT2D eigenvalue weighted by atomic mass is 16.2. The Kier molecular flexibility index (Phi) is 5.88. The van der Waals surface area contributed by atoms with Crippen molar-refractivity contribution in [3.63, 3.8) is 0 Å². The highest BCUT2D eigenvalue weighted by molar-refractivity contribution is 6.22. The molecule has 3 amide bonds. The van der Waals surface area contributed by atoms with Crippen LogP contribution in [0, 0.1) is 0 Å². The average molecular weight is 417 g/mol. The lowest BCUT2D eigenvalue weighted by molar-refractivity contribution is 0.0652. The van der Waals surface area contributed by atoms with E-state index < -0.39 is 0 Å². The minimum absolute atomic E-state index is 0.287. The summed E-state index contributed by atoms with van der Waals surface area (Å²) in [6, 6.07) is 12.5. The number of unbranched alkanes of at least 4 members (excludes halogenated alkanes) is 1. The van der Waals surface area contributed by atoms with Crippen LogP contribution in [0.2, 0.25) is 0 Å². The molecule has 0 bridgehead atoms. The quantitative estimate of drug-likeness (QED) is 0.569. The third kappa shape index (κ3) is 4.37. The Bertz CT molecular complexity index is 1120. The molecule has 0 atom stereocenters. The third-order valence-electron chi connectivity index (χ3n) is 5.22. The molecule has 1 N–H and O–H groups in total. The summed E-state index contributed by atoms with van der Waals surface area (Å²) in [5.74, 6) is -0.912. The summed E-state index contributed by atoms with van der Waals surface area (Å²) in [6.07, 6.45) is 4.79. The average Bonchev–Trinajstić information content (AvgIpc) is 3.37. The van der Waals surface area contributed by atoms with E-state index in [0.717, 1.165) is 24.0 Å². The minimum atomic E-state index is -0.330. The molecule has 3 aromatic rings. The van der Waals surface area contributed by atoms with Crippen LogP contribution in [0.5, 0.6) is 0 Å². The van der Waals surface area contributed by atoms with Crippen LogP contribution in [0.3, 0.4) is 0 Å². The van der Waals surface area contributed by atoms with Crippen LogP contribution < -0.4 is 5.32 Å². The van der Waals surface area contributed by atoms with Crippen LogP contribution in [0.4, 0.5) is 0 Å². The molecule has 8 nitrogen and oxygen atoms in total. The van der Waals surface area contributed by atoms with Crippen molar-refractivity contribution in [2.24, 2.45) is 0 Å². The number of carbonyl (C=O) groups is 3. The number of nitrogens with one attached hydrogen (secondary N) is 1. The zero-order valence-electron chi connectivity index (χ0n) is 17.2. The monoisotopic (exact) mass is 417 g/mol. The van der Waals surface area contributed by atoms with E-state index in [1.807, 2.05) is 31.2 Å². The van der Waals surface area contributed by atoms with Crippen LogP contribution >= 0.6 is 0 Å². The molecule has 2 heterocycles. The Morgan fingerprint density at radius 1 is 1.03 bits per heavy atom. The second-order valence-corrected chi connectivity index (χ2v) is 7.47. The van der Waals surface area contributed by atoms with E-state index in [0.29, 0.717) is 36.3 Å². The van der Waals surface area contributed by atoms with E-state index >= 15 is 0 Å². The second kappa shape index (κ2) is 8.91. The summed E-state index contributed by atoms with van der Waals surface area (Å²) in [5, 5.41) is 6.98. The van der Waals surface area contributed by atoms with Gasteiger partial charge in [-0.25, -0.2) is 9.67 Å². The molecule has 158 valence electrons. The van der Waals surface area contributed by atoms with Gasteiger partial charge in [0.05, 0.1) is 17.7 Å². The van der Waals surface area contributed by atoms with Crippen molar-refractivity contribution in [2.45, 2.75) is 32.9 Å². The van der Waals surface area contributed by atoms with Crippen LogP contribution in [0.1, 0.15) is 62.0 Å². The molecule has 0 unspecified atom stereocenters. The van der Waals surface area contributed by atoms with Gasteiger partial charge in [-0.2, -0.15) is 5.10 Å². The maximum Gasteiger partial charge on any atom is 0.261 e. The van der Waals surface area contributed by atoms with E-state index in [4.69, 9.17) is 0 Å². The Balaban J connectivity index is 1.42. The first-order chi connectivity index (χ1) is 15.1. The Morgan fingerprint density at radius 2 is 1.84 bits per heavy atom. The first-order valence-electron chi connectivity index (χ1n) is 10.3. The number of hydrogen-bond donors (Lipinski definition) is 1. The molecular formula is C23H23N5O3. The van der Waals surface area contributed by atoms with E-state index in [9.17, 15) is 14.4 Å². The number of fused-ring (bicyclic) bond motifs is 1. The van der Waals surface area contributed by atoms with Gasteiger partial charge in [-0.15, -0.1) is 0 Å². The maximum atomic E-state index is 12.7. The van der Waals surface area contributed by atoms with Crippen molar-refractivity contribution in [2.75, 3.05) is 6.54 Å². The molecule has 1 aromatic heterocycles. The molecule has 4 rings (SSSR count). The van der Waals surface area contributed by atoms with E-state index in [1.165, 1.54) is 17.3 Å². The van der Waals surface area contributed by atoms with Gasteiger partial charge in [-0.1, -0.05) is 37.6 Å². The van der Waals surface area contributed by atoms with Crippen molar-refractivity contribution in [3.8, 4) is 0 Å². The SMILES string of the molecule is CCCCN1C(=O)c2ccc(C(=O)NCc3cccc(Cn4cncn4)c3)cc2C1=O. The number of amides is 3. The predicted molar refractivity (Wildman–Crippen MR) is 113 cm³/mol. The van der Waals surface area contributed by atoms with Crippen molar-refractivity contribution in [1.29, 1.82) is 0 Å². The summed E-state index contributed by atoms with van der Waals surface area (Å²) in [6.45, 7) is 3.34.